The summed E-state index contributed by atoms with van der Waals surface area (Å²) >= 11 is 0. The minimum absolute atomic E-state index is 0.0990. The van der Waals surface area contributed by atoms with Gasteiger partial charge in [0.05, 0.1) is 12.1 Å². The zero-order valence-corrected chi connectivity index (χ0v) is 9.74. The van der Waals surface area contributed by atoms with Crippen molar-refractivity contribution >= 4 is 11.7 Å². The highest BCUT2D eigenvalue weighted by Crippen LogP contribution is 2.15. The third-order valence-corrected chi connectivity index (χ3v) is 2.54. The van der Waals surface area contributed by atoms with Gasteiger partial charge >= 0.3 is 5.97 Å². The van der Waals surface area contributed by atoms with Gasteiger partial charge in [-0.05, 0) is 30.7 Å². The first kappa shape index (κ1) is 12.2. The van der Waals surface area contributed by atoms with Crippen LogP contribution in [0.2, 0.25) is 0 Å². The van der Waals surface area contributed by atoms with Crippen LogP contribution in [0.25, 0.3) is 0 Å². The number of furan rings is 1. The molecule has 2 N–H and O–H groups in total. The van der Waals surface area contributed by atoms with Gasteiger partial charge in [-0.15, -0.1) is 0 Å². The summed E-state index contributed by atoms with van der Waals surface area (Å²) in [5.41, 5.74) is 1.29. The third-order valence-electron chi connectivity index (χ3n) is 2.54. The first-order chi connectivity index (χ1) is 8.56. The molecule has 2 aromatic rings. The quantitative estimate of drug-likeness (QED) is 0.874. The maximum atomic E-state index is 13.3. The SMILES string of the molecule is Cc1ccc(NCc2cc(C(=O)O)co2)cc1F. The number of nitrogens with one attached hydrogen (secondary N) is 1. The Morgan fingerprint density at radius 1 is 1.44 bits per heavy atom. The second-order valence-corrected chi connectivity index (χ2v) is 3.92. The van der Waals surface area contributed by atoms with Crippen molar-refractivity contribution in [3.8, 4) is 0 Å². The second-order valence-electron chi connectivity index (χ2n) is 3.92. The maximum Gasteiger partial charge on any atom is 0.338 e. The van der Waals surface area contributed by atoms with Crippen LogP contribution >= 0.6 is 0 Å². The topological polar surface area (TPSA) is 62.5 Å². The zero-order chi connectivity index (χ0) is 13.1. The van der Waals surface area contributed by atoms with Crippen molar-refractivity contribution < 1.29 is 18.7 Å². The highest BCUT2D eigenvalue weighted by atomic mass is 19.1. The molecule has 0 unspecified atom stereocenters. The minimum atomic E-state index is -1.04. The number of hydrogen-bond donors (Lipinski definition) is 2. The molecule has 0 fully saturated rings. The Morgan fingerprint density at radius 2 is 2.22 bits per heavy atom. The number of halogens is 1. The summed E-state index contributed by atoms with van der Waals surface area (Å²) in [6, 6.07) is 6.23. The van der Waals surface area contributed by atoms with Crippen molar-refractivity contribution in [2.45, 2.75) is 13.5 Å². The summed E-state index contributed by atoms with van der Waals surface area (Å²) in [5.74, 6) is -0.842. The molecule has 0 aliphatic carbocycles. The molecule has 1 heterocycles. The number of carboxylic acid groups (broad SMARTS) is 1. The van der Waals surface area contributed by atoms with E-state index in [1.54, 1.807) is 19.1 Å². The van der Waals surface area contributed by atoms with E-state index in [1.807, 2.05) is 0 Å². The van der Waals surface area contributed by atoms with Gasteiger partial charge in [0.1, 0.15) is 17.8 Å². The summed E-state index contributed by atoms with van der Waals surface area (Å²) in [6.45, 7) is 1.99. The molecule has 0 amide bonds. The van der Waals surface area contributed by atoms with Crippen LogP contribution in [0.3, 0.4) is 0 Å². The summed E-state index contributed by atoms with van der Waals surface area (Å²) in [4.78, 5) is 10.6. The van der Waals surface area contributed by atoms with E-state index in [0.717, 1.165) is 0 Å². The van der Waals surface area contributed by atoms with E-state index in [1.165, 1.54) is 18.4 Å². The van der Waals surface area contributed by atoms with Crippen LogP contribution in [0.15, 0.2) is 34.9 Å². The number of rotatable bonds is 4. The number of benzene rings is 1. The smallest absolute Gasteiger partial charge is 0.338 e. The third kappa shape index (κ3) is 2.68. The monoisotopic (exact) mass is 249 g/mol. The largest absolute Gasteiger partial charge is 0.478 e. The van der Waals surface area contributed by atoms with Gasteiger partial charge in [-0.3, -0.25) is 0 Å². The predicted molar refractivity (Wildman–Crippen MR) is 64.1 cm³/mol. The van der Waals surface area contributed by atoms with Gasteiger partial charge in [-0.25, -0.2) is 9.18 Å². The predicted octanol–water partition coefficient (Wildman–Crippen LogP) is 3.04. The number of carboxylic acids is 1. The molecule has 5 heteroatoms. The Bertz CT molecular complexity index is 577. The van der Waals surface area contributed by atoms with Crippen LogP contribution in [0.4, 0.5) is 10.1 Å². The van der Waals surface area contributed by atoms with Gasteiger partial charge < -0.3 is 14.8 Å². The van der Waals surface area contributed by atoms with Crippen molar-refractivity contribution in [2.75, 3.05) is 5.32 Å². The number of hydrogen-bond acceptors (Lipinski definition) is 3. The highest BCUT2D eigenvalue weighted by molar-refractivity contribution is 5.87. The molecule has 0 aliphatic heterocycles. The van der Waals surface area contributed by atoms with Gasteiger partial charge in [0.2, 0.25) is 0 Å². The van der Waals surface area contributed by atoms with Crippen molar-refractivity contribution in [1.29, 1.82) is 0 Å². The van der Waals surface area contributed by atoms with E-state index in [4.69, 9.17) is 9.52 Å². The average molecular weight is 249 g/mol. The molecular formula is C13H12FNO3. The second kappa shape index (κ2) is 4.91. The zero-order valence-electron chi connectivity index (χ0n) is 9.74. The molecule has 2 rings (SSSR count). The lowest BCUT2D eigenvalue weighted by molar-refractivity contribution is 0.0696. The minimum Gasteiger partial charge on any atom is -0.478 e. The molecule has 0 saturated carbocycles. The van der Waals surface area contributed by atoms with Crippen LogP contribution in [-0.2, 0) is 6.54 Å². The number of carbonyl (C=O) groups is 1. The van der Waals surface area contributed by atoms with Crippen LogP contribution < -0.4 is 5.32 Å². The number of aromatic carboxylic acids is 1. The molecule has 94 valence electrons. The number of anilines is 1. The lowest BCUT2D eigenvalue weighted by Gasteiger charge is -2.05. The van der Waals surface area contributed by atoms with Crippen molar-refractivity contribution in [1.82, 2.24) is 0 Å². The van der Waals surface area contributed by atoms with Crippen LogP contribution in [0.1, 0.15) is 21.7 Å². The Labute approximate surface area is 103 Å². The summed E-state index contributed by atoms with van der Waals surface area (Å²) in [6.07, 6.45) is 1.18. The van der Waals surface area contributed by atoms with Crippen LogP contribution in [0.5, 0.6) is 0 Å². The van der Waals surface area contributed by atoms with Crippen molar-refractivity contribution in [2.24, 2.45) is 0 Å². The highest BCUT2D eigenvalue weighted by Gasteiger charge is 2.08. The van der Waals surface area contributed by atoms with Crippen molar-refractivity contribution in [3.63, 3.8) is 0 Å². The normalized spacial score (nSPS) is 10.3. The lowest BCUT2D eigenvalue weighted by Crippen LogP contribution is -1.99. The summed E-state index contributed by atoms with van der Waals surface area (Å²) < 4.78 is 18.3. The lowest BCUT2D eigenvalue weighted by atomic mass is 10.2. The fourth-order valence-corrected chi connectivity index (χ4v) is 1.48. The molecular weight excluding hydrogens is 237 g/mol. The fourth-order valence-electron chi connectivity index (χ4n) is 1.48. The van der Waals surface area contributed by atoms with Gasteiger partial charge in [-0.2, -0.15) is 0 Å². The van der Waals surface area contributed by atoms with Gasteiger partial charge in [-0.1, -0.05) is 6.07 Å². The summed E-state index contributed by atoms with van der Waals surface area (Å²) in [5, 5.41) is 11.7. The molecule has 1 aromatic heterocycles. The van der Waals surface area contributed by atoms with Gasteiger partial charge in [0.15, 0.2) is 0 Å². The first-order valence-corrected chi connectivity index (χ1v) is 5.37. The molecule has 0 atom stereocenters. The fraction of sp³-hybridized carbons (Fsp3) is 0.154. The molecule has 0 spiro atoms. The van der Waals surface area contributed by atoms with Crippen molar-refractivity contribution in [3.05, 3.63) is 53.2 Å². The Hall–Kier alpha value is -2.30. The molecule has 1 aromatic carbocycles. The Kier molecular flexibility index (Phi) is 3.32. The van der Waals surface area contributed by atoms with Crippen LogP contribution in [-0.4, -0.2) is 11.1 Å². The van der Waals surface area contributed by atoms with E-state index < -0.39 is 5.97 Å². The van der Waals surface area contributed by atoms with Gasteiger partial charge in [0, 0.05) is 5.69 Å². The first-order valence-electron chi connectivity index (χ1n) is 5.37. The molecule has 0 saturated heterocycles. The van der Waals surface area contributed by atoms with E-state index in [0.29, 0.717) is 23.6 Å². The molecule has 0 bridgehead atoms. The number of aryl methyl sites for hydroxylation is 1. The average Bonchev–Trinajstić information content (AvgIpc) is 2.79. The molecule has 4 nitrogen and oxygen atoms in total. The van der Waals surface area contributed by atoms with Crippen LogP contribution in [0, 0.1) is 12.7 Å². The maximum absolute atomic E-state index is 13.3. The van der Waals surface area contributed by atoms with Gasteiger partial charge in [0.25, 0.3) is 0 Å². The molecule has 18 heavy (non-hydrogen) atoms. The van der Waals surface area contributed by atoms with E-state index >= 15 is 0 Å². The Balaban J connectivity index is 2.02. The van der Waals surface area contributed by atoms with E-state index in [-0.39, 0.29) is 11.4 Å². The standard InChI is InChI=1S/C13H12FNO3/c1-8-2-3-10(5-12(8)14)15-6-11-4-9(7-18-11)13(16)17/h2-5,7,15H,6H2,1H3,(H,16,17). The van der Waals surface area contributed by atoms with E-state index in [9.17, 15) is 9.18 Å². The summed E-state index contributed by atoms with van der Waals surface area (Å²) in [7, 11) is 0. The molecule has 0 aliphatic rings. The molecule has 0 radical (unpaired) electrons. The Morgan fingerprint density at radius 3 is 2.83 bits per heavy atom. The van der Waals surface area contributed by atoms with E-state index in [2.05, 4.69) is 5.32 Å².